The first-order valence-corrected chi connectivity index (χ1v) is 13.4. The van der Waals surface area contributed by atoms with E-state index in [4.69, 9.17) is 23.4 Å². The van der Waals surface area contributed by atoms with Crippen molar-refractivity contribution < 1.29 is 28.2 Å². The van der Waals surface area contributed by atoms with Crippen molar-refractivity contribution in [3.8, 4) is 23.0 Å². The van der Waals surface area contributed by atoms with Crippen molar-refractivity contribution in [3.05, 3.63) is 92.8 Å². The van der Waals surface area contributed by atoms with Crippen molar-refractivity contribution in [1.82, 2.24) is 4.90 Å². The fourth-order valence-corrected chi connectivity index (χ4v) is 5.26. The largest absolute Gasteiger partial charge is 0.493 e. The molecule has 1 amide bonds. The highest BCUT2D eigenvalue weighted by Gasteiger charge is 2.43. The van der Waals surface area contributed by atoms with Gasteiger partial charge in [0.25, 0.3) is 5.91 Å². The van der Waals surface area contributed by atoms with Gasteiger partial charge in [0.1, 0.15) is 5.58 Å². The lowest BCUT2D eigenvalue weighted by Gasteiger charge is -2.26. The Morgan fingerprint density at radius 3 is 2.60 bits per heavy atom. The Hall–Kier alpha value is -4.46. The average molecular weight is 542 g/mol. The molecule has 1 atom stereocenters. The van der Waals surface area contributed by atoms with E-state index in [-0.39, 0.29) is 30.4 Å². The molecule has 40 heavy (non-hydrogen) atoms. The number of carbonyl (C=O) groups is 1. The molecule has 2 aliphatic rings. The summed E-state index contributed by atoms with van der Waals surface area (Å²) in [6.45, 7) is 7.15. The summed E-state index contributed by atoms with van der Waals surface area (Å²) in [6.07, 6.45) is 0.909. The standard InChI is InChI=1S/C32H31NO7/c1-18(2)11-12-37-24-10-7-21(15-26(24)36-4)29-28-30(34)22-13-19(3)5-8-23(22)40-31(28)32(35)33(29)16-20-6-9-25-27(14-20)39-17-38-25/h5-10,13-15,18,29H,11-12,16-17H2,1-4H3/t29-/m1/s1. The molecule has 0 radical (unpaired) electrons. The van der Waals surface area contributed by atoms with Crippen LogP contribution in [0.25, 0.3) is 11.0 Å². The molecule has 8 heteroatoms. The van der Waals surface area contributed by atoms with Crippen LogP contribution < -0.4 is 24.4 Å². The molecule has 0 N–H and O–H groups in total. The van der Waals surface area contributed by atoms with Gasteiger partial charge in [-0.05, 0) is 66.8 Å². The highest BCUT2D eigenvalue weighted by atomic mass is 16.7. The molecule has 0 fully saturated rings. The Bertz CT molecular complexity index is 1670. The third-order valence-electron chi connectivity index (χ3n) is 7.37. The lowest BCUT2D eigenvalue weighted by atomic mass is 9.97. The Balaban J connectivity index is 1.46. The van der Waals surface area contributed by atoms with Crippen LogP contribution in [0.5, 0.6) is 23.0 Å². The number of ether oxygens (including phenoxy) is 4. The second-order valence-corrected chi connectivity index (χ2v) is 10.6. The third kappa shape index (κ3) is 4.53. The van der Waals surface area contributed by atoms with Gasteiger partial charge in [-0.2, -0.15) is 0 Å². The molecule has 3 heterocycles. The number of methoxy groups -OCH3 is 1. The lowest BCUT2D eigenvalue weighted by molar-refractivity contribution is 0.0714. The predicted octanol–water partition coefficient (Wildman–Crippen LogP) is 6.01. The molecule has 0 spiro atoms. The molecule has 6 rings (SSSR count). The van der Waals surface area contributed by atoms with Gasteiger partial charge in [0.15, 0.2) is 28.4 Å². The van der Waals surface area contributed by atoms with Crippen LogP contribution in [0.2, 0.25) is 0 Å². The Morgan fingerprint density at radius 1 is 0.975 bits per heavy atom. The van der Waals surface area contributed by atoms with Gasteiger partial charge in [0.2, 0.25) is 12.6 Å². The number of rotatable bonds is 8. The molecule has 206 valence electrons. The second-order valence-electron chi connectivity index (χ2n) is 10.6. The van der Waals surface area contributed by atoms with Gasteiger partial charge in [0.05, 0.1) is 30.7 Å². The van der Waals surface area contributed by atoms with E-state index in [1.807, 2.05) is 49.4 Å². The van der Waals surface area contributed by atoms with E-state index in [1.165, 1.54) is 0 Å². The van der Waals surface area contributed by atoms with Gasteiger partial charge in [0, 0.05) is 6.54 Å². The summed E-state index contributed by atoms with van der Waals surface area (Å²) in [4.78, 5) is 29.5. The zero-order valence-corrected chi connectivity index (χ0v) is 23.0. The number of carbonyl (C=O) groups excluding carboxylic acids is 1. The normalized spacial score (nSPS) is 15.7. The van der Waals surface area contributed by atoms with E-state index in [2.05, 4.69) is 13.8 Å². The van der Waals surface area contributed by atoms with Crippen molar-refractivity contribution in [2.45, 2.75) is 39.8 Å². The molecule has 0 unspecified atom stereocenters. The minimum absolute atomic E-state index is 0.0586. The van der Waals surface area contributed by atoms with Crippen molar-refractivity contribution in [1.29, 1.82) is 0 Å². The Kier molecular flexibility index (Phi) is 6.62. The number of nitrogens with zero attached hydrogens (tertiary/aromatic N) is 1. The first-order valence-electron chi connectivity index (χ1n) is 13.4. The van der Waals surface area contributed by atoms with Crippen molar-refractivity contribution in [2.75, 3.05) is 20.5 Å². The van der Waals surface area contributed by atoms with Crippen molar-refractivity contribution >= 4 is 16.9 Å². The average Bonchev–Trinajstić information content (AvgIpc) is 3.52. The molecule has 0 aliphatic carbocycles. The molecule has 3 aromatic carbocycles. The summed E-state index contributed by atoms with van der Waals surface area (Å²) in [7, 11) is 1.58. The first-order chi connectivity index (χ1) is 19.3. The van der Waals surface area contributed by atoms with Gasteiger partial charge in [-0.1, -0.05) is 37.6 Å². The van der Waals surface area contributed by atoms with Crippen LogP contribution in [0.4, 0.5) is 0 Å². The summed E-state index contributed by atoms with van der Waals surface area (Å²) in [6, 6.07) is 15.8. The van der Waals surface area contributed by atoms with Gasteiger partial charge in [-0.15, -0.1) is 0 Å². The van der Waals surface area contributed by atoms with Crippen LogP contribution in [0.1, 0.15) is 59.1 Å². The predicted molar refractivity (Wildman–Crippen MR) is 149 cm³/mol. The van der Waals surface area contributed by atoms with Crippen LogP contribution in [-0.2, 0) is 6.54 Å². The van der Waals surface area contributed by atoms with E-state index >= 15 is 0 Å². The summed E-state index contributed by atoms with van der Waals surface area (Å²) in [5.41, 5.74) is 2.98. The number of aryl methyl sites for hydroxylation is 1. The highest BCUT2D eigenvalue weighted by Crippen LogP contribution is 2.42. The fraction of sp³-hybridized carbons (Fsp3) is 0.312. The molecule has 0 bridgehead atoms. The van der Waals surface area contributed by atoms with Gasteiger partial charge in [-0.3, -0.25) is 9.59 Å². The quantitative estimate of drug-likeness (QED) is 0.270. The van der Waals surface area contributed by atoms with E-state index < -0.39 is 6.04 Å². The van der Waals surface area contributed by atoms with Gasteiger partial charge < -0.3 is 28.3 Å². The number of hydrogen-bond donors (Lipinski definition) is 0. The molecule has 1 aromatic heterocycles. The van der Waals surface area contributed by atoms with Crippen LogP contribution >= 0.6 is 0 Å². The Morgan fingerprint density at radius 2 is 1.80 bits per heavy atom. The van der Waals surface area contributed by atoms with E-state index in [1.54, 1.807) is 24.1 Å². The molecular weight excluding hydrogens is 510 g/mol. The lowest BCUT2D eigenvalue weighted by Crippen LogP contribution is -2.29. The number of benzene rings is 3. The Labute approximate surface area is 232 Å². The zero-order valence-electron chi connectivity index (χ0n) is 23.0. The summed E-state index contributed by atoms with van der Waals surface area (Å²) >= 11 is 0. The minimum atomic E-state index is -0.687. The SMILES string of the molecule is COc1cc([C@@H]2c3c(oc4ccc(C)cc4c3=O)C(=O)N2Cc2ccc3c(c2)OCO3)ccc1OCCC(C)C. The zero-order chi connectivity index (χ0) is 28.0. The molecular formula is C32H31NO7. The fourth-order valence-electron chi connectivity index (χ4n) is 5.26. The van der Waals surface area contributed by atoms with Crippen LogP contribution in [0, 0.1) is 12.8 Å². The maximum Gasteiger partial charge on any atom is 0.291 e. The maximum absolute atomic E-state index is 13.9. The van der Waals surface area contributed by atoms with Crippen LogP contribution in [0.3, 0.4) is 0 Å². The van der Waals surface area contributed by atoms with Gasteiger partial charge in [-0.25, -0.2) is 0 Å². The van der Waals surface area contributed by atoms with Crippen molar-refractivity contribution in [2.24, 2.45) is 5.92 Å². The summed E-state index contributed by atoms with van der Waals surface area (Å²) in [5, 5.41) is 0.446. The molecule has 0 saturated carbocycles. The minimum Gasteiger partial charge on any atom is -0.493 e. The third-order valence-corrected chi connectivity index (χ3v) is 7.37. The molecule has 4 aromatic rings. The van der Waals surface area contributed by atoms with E-state index in [0.717, 1.165) is 23.1 Å². The first kappa shape index (κ1) is 25.8. The summed E-state index contributed by atoms with van der Waals surface area (Å²) in [5.74, 6) is 2.64. The van der Waals surface area contributed by atoms with Crippen LogP contribution in [0.15, 0.2) is 63.8 Å². The summed E-state index contributed by atoms with van der Waals surface area (Å²) < 4.78 is 28.8. The molecule has 0 saturated heterocycles. The van der Waals surface area contributed by atoms with E-state index in [0.29, 0.717) is 52.1 Å². The smallest absolute Gasteiger partial charge is 0.291 e. The monoisotopic (exact) mass is 541 g/mol. The topological polar surface area (TPSA) is 87.4 Å². The second kappa shape index (κ2) is 10.3. The van der Waals surface area contributed by atoms with Gasteiger partial charge >= 0.3 is 0 Å². The number of fused-ring (bicyclic) bond motifs is 3. The van der Waals surface area contributed by atoms with E-state index in [9.17, 15) is 9.59 Å². The van der Waals surface area contributed by atoms with Crippen molar-refractivity contribution in [3.63, 3.8) is 0 Å². The molecule has 2 aliphatic heterocycles. The molecule has 8 nitrogen and oxygen atoms in total. The highest BCUT2D eigenvalue weighted by molar-refractivity contribution is 5.99. The number of amides is 1. The number of hydrogen-bond acceptors (Lipinski definition) is 7. The van der Waals surface area contributed by atoms with Crippen LogP contribution in [-0.4, -0.2) is 31.3 Å². The maximum atomic E-state index is 13.9.